The molecule has 1 fully saturated rings. The Morgan fingerprint density at radius 1 is 1.03 bits per heavy atom. The zero-order valence-corrected chi connectivity index (χ0v) is 22.9. The lowest BCUT2D eigenvalue weighted by molar-refractivity contribution is -0.139. The van der Waals surface area contributed by atoms with Crippen molar-refractivity contribution < 1.29 is 33.7 Å². The van der Waals surface area contributed by atoms with Crippen molar-refractivity contribution in [3.8, 4) is 11.1 Å². The molecule has 0 radical (unpaired) electrons. The van der Waals surface area contributed by atoms with Crippen molar-refractivity contribution in [2.75, 3.05) is 26.4 Å². The number of fused-ring (bicyclic) bond motifs is 3. The highest BCUT2D eigenvalue weighted by Gasteiger charge is 2.32. The number of ether oxygens (including phenoxy) is 3. The topological polar surface area (TPSA) is 114 Å². The smallest absolute Gasteiger partial charge is 0.410 e. The van der Waals surface area contributed by atoms with Crippen molar-refractivity contribution in [2.45, 2.75) is 70.1 Å². The van der Waals surface area contributed by atoms with E-state index in [0.29, 0.717) is 39.0 Å². The minimum absolute atomic E-state index is 0.0488. The van der Waals surface area contributed by atoms with Gasteiger partial charge < -0.3 is 29.5 Å². The Labute approximate surface area is 229 Å². The zero-order valence-electron chi connectivity index (χ0n) is 22.9. The maximum Gasteiger partial charge on any atom is 0.410 e. The van der Waals surface area contributed by atoms with Crippen LogP contribution in [-0.2, 0) is 19.0 Å². The minimum Gasteiger partial charge on any atom is -0.480 e. The number of amides is 2. The van der Waals surface area contributed by atoms with Crippen LogP contribution in [-0.4, -0.2) is 72.2 Å². The van der Waals surface area contributed by atoms with Gasteiger partial charge in [0.15, 0.2) is 0 Å². The van der Waals surface area contributed by atoms with Crippen molar-refractivity contribution in [1.29, 1.82) is 0 Å². The molecule has 0 aromatic heterocycles. The van der Waals surface area contributed by atoms with E-state index in [1.54, 1.807) is 25.7 Å². The van der Waals surface area contributed by atoms with Crippen molar-refractivity contribution >= 4 is 18.2 Å². The van der Waals surface area contributed by atoms with Gasteiger partial charge in [0.1, 0.15) is 18.2 Å². The molecule has 1 atom stereocenters. The summed E-state index contributed by atoms with van der Waals surface area (Å²) in [7, 11) is 0. The lowest BCUT2D eigenvalue weighted by atomic mass is 9.98. The normalized spacial score (nSPS) is 16.1. The molecule has 2 N–H and O–H groups in total. The molecule has 0 bridgehead atoms. The Hall–Kier alpha value is -3.59. The number of carbonyl (C=O) groups excluding carboxylic acids is 2. The number of rotatable bonds is 9. The van der Waals surface area contributed by atoms with Gasteiger partial charge in [-0.3, -0.25) is 0 Å². The molecule has 2 aromatic rings. The van der Waals surface area contributed by atoms with E-state index in [-0.39, 0.29) is 25.0 Å². The molecule has 0 unspecified atom stereocenters. The summed E-state index contributed by atoms with van der Waals surface area (Å²) in [5.74, 6) is -1.20. The molecule has 39 heavy (non-hydrogen) atoms. The van der Waals surface area contributed by atoms with Crippen LogP contribution >= 0.6 is 0 Å². The molecule has 0 spiro atoms. The average molecular weight is 539 g/mol. The number of nitrogens with one attached hydrogen (secondary N) is 1. The molecule has 1 heterocycles. The number of aliphatic carboxylic acids is 1. The number of carbonyl (C=O) groups is 3. The van der Waals surface area contributed by atoms with Crippen LogP contribution in [0.3, 0.4) is 0 Å². The molecular weight excluding hydrogens is 500 g/mol. The molecule has 210 valence electrons. The van der Waals surface area contributed by atoms with Gasteiger partial charge in [-0.1, -0.05) is 48.5 Å². The summed E-state index contributed by atoms with van der Waals surface area (Å²) in [5.41, 5.74) is 3.86. The lowest BCUT2D eigenvalue weighted by Gasteiger charge is -2.34. The molecule has 2 amide bonds. The van der Waals surface area contributed by atoms with Crippen LogP contribution in [0, 0.1) is 0 Å². The van der Waals surface area contributed by atoms with Gasteiger partial charge in [-0.05, 0) is 68.7 Å². The number of carboxylic acids is 1. The quantitative estimate of drug-likeness (QED) is 0.452. The van der Waals surface area contributed by atoms with Crippen LogP contribution in [0.1, 0.15) is 63.5 Å². The fourth-order valence-corrected chi connectivity index (χ4v) is 5.27. The van der Waals surface area contributed by atoms with Gasteiger partial charge in [-0.2, -0.15) is 0 Å². The van der Waals surface area contributed by atoms with Crippen LogP contribution in [0.15, 0.2) is 48.5 Å². The van der Waals surface area contributed by atoms with E-state index in [4.69, 9.17) is 14.2 Å². The third-order valence-electron chi connectivity index (χ3n) is 7.08. The number of alkyl carbamates (subject to hydrolysis) is 1. The molecule has 1 aliphatic heterocycles. The van der Waals surface area contributed by atoms with Gasteiger partial charge in [-0.15, -0.1) is 0 Å². The van der Waals surface area contributed by atoms with Crippen LogP contribution < -0.4 is 5.32 Å². The van der Waals surface area contributed by atoms with Crippen LogP contribution in [0.2, 0.25) is 0 Å². The van der Waals surface area contributed by atoms with Gasteiger partial charge in [0.25, 0.3) is 0 Å². The first-order valence-electron chi connectivity index (χ1n) is 13.6. The second-order valence-electron chi connectivity index (χ2n) is 11.0. The summed E-state index contributed by atoms with van der Waals surface area (Å²) in [6.45, 7) is 6.75. The second kappa shape index (κ2) is 12.5. The average Bonchev–Trinajstić information content (AvgIpc) is 3.22. The highest BCUT2D eigenvalue weighted by Crippen LogP contribution is 2.44. The van der Waals surface area contributed by atoms with Gasteiger partial charge in [-0.25, -0.2) is 14.4 Å². The zero-order chi connectivity index (χ0) is 28.0. The molecule has 9 nitrogen and oxygen atoms in total. The SMILES string of the molecule is CC(C)(C)OC(=O)N[C@@H](CCCN(C(=O)OCC1c2ccccc2-c2ccccc21)C1CCOCC1)C(=O)O. The third kappa shape index (κ3) is 7.29. The molecular formula is C30H38N2O7. The van der Waals surface area contributed by atoms with Crippen molar-refractivity contribution in [2.24, 2.45) is 0 Å². The highest BCUT2D eigenvalue weighted by atomic mass is 16.6. The van der Waals surface area contributed by atoms with E-state index in [9.17, 15) is 19.5 Å². The number of carboxylic acid groups (broad SMARTS) is 1. The van der Waals surface area contributed by atoms with E-state index >= 15 is 0 Å². The minimum atomic E-state index is -1.15. The molecule has 2 aromatic carbocycles. The Kier molecular flexibility index (Phi) is 9.12. The van der Waals surface area contributed by atoms with Gasteiger partial charge in [0.2, 0.25) is 0 Å². The Morgan fingerprint density at radius 2 is 1.62 bits per heavy atom. The third-order valence-corrected chi connectivity index (χ3v) is 7.08. The lowest BCUT2D eigenvalue weighted by Crippen LogP contribution is -2.46. The molecule has 0 saturated carbocycles. The Morgan fingerprint density at radius 3 is 2.18 bits per heavy atom. The van der Waals surface area contributed by atoms with Gasteiger partial charge >= 0.3 is 18.2 Å². The molecule has 1 aliphatic carbocycles. The van der Waals surface area contributed by atoms with Crippen molar-refractivity contribution in [1.82, 2.24) is 10.2 Å². The monoisotopic (exact) mass is 538 g/mol. The van der Waals surface area contributed by atoms with Crippen molar-refractivity contribution in [3.05, 3.63) is 59.7 Å². The largest absolute Gasteiger partial charge is 0.480 e. The molecule has 2 aliphatic rings. The van der Waals surface area contributed by atoms with E-state index in [1.807, 2.05) is 24.3 Å². The standard InChI is InChI=1S/C30H38N2O7/c1-30(2,3)39-28(35)31-26(27(33)34)13-8-16-32(20-14-17-37-18-15-20)29(36)38-19-25-23-11-6-4-9-21(23)22-10-5-7-12-24(22)25/h4-7,9-12,20,25-26H,8,13-19H2,1-3H3,(H,31,35)(H,33,34)/t26-/m0/s1. The first-order chi connectivity index (χ1) is 18.6. The first-order valence-corrected chi connectivity index (χ1v) is 13.6. The van der Waals surface area contributed by atoms with Crippen LogP contribution in [0.5, 0.6) is 0 Å². The number of nitrogens with zero attached hydrogens (tertiary/aromatic N) is 1. The summed E-state index contributed by atoms with van der Waals surface area (Å²) >= 11 is 0. The van der Waals surface area contributed by atoms with E-state index in [1.165, 1.54) is 0 Å². The van der Waals surface area contributed by atoms with Crippen LogP contribution in [0.4, 0.5) is 9.59 Å². The summed E-state index contributed by atoms with van der Waals surface area (Å²) < 4.78 is 16.6. The van der Waals surface area contributed by atoms with Crippen molar-refractivity contribution in [3.63, 3.8) is 0 Å². The number of hydrogen-bond acceptors (Lipinski definition) is 6. The number of hydrogen-bond donors (Lipinski definition) is 2. The maximum absolute atomic E-state index is 13.4. The molecule has 4 rings (SSSR count). The summed E-state index contributed by atoms with van der Waals surface area (Å²) in [5, 5.41) is 12.0. The first kappa shape index (κ1) is 28.4. The predicted octanol–water partition coefficient (Wildman–Crippen LogP) is 5.17. The van der Waals surface area contributed by atoms with E-state index in [0.717, 1.165) is 22.3 Å². The molecule has 1 saturated heterocycles. The van der Waals surface area contributed by atoms with Gasteiger partial charge in [0, 0.05) is 31.7 Å². The van der Waals surface area contributed by atoms with E-state index in [2.05, 4.69) is 29.6 Å². The maximum atomic E-state index is 13.4. The summed E-state index contributed by atoms with van der Waals surface area (Å²) in [6, 6.07) is 15.2. The van der Waals surface area contributed by atoms with Gasteiger partial charge in [0.05, 0.1) is 0 Å². The fourth-order valence-electron chi connectivity index (χ4n) is 5.27. The summed E-state index contributed by atoms with van der Waals surface area (Å²) in [4.78, 5) is 39.0. The Balaban J connectivity index is 1.40. The fraction of sp³-hybridized carbons (Fsp3) is 0.500. The number of benzene rings is 2. The highest BCUT2D eigenvalue weighted by molar-refractivity contribution is 5.80. The Bertz CT molecular complexity index is 1120. The summed E-state index contributed by atoms with van der Waals surface area (Å²) in [6.07, 6.45) is 0.675. The predicted molar refractivity (Wildman–Crippen MR) is 146 cm³/mol. The van der Waals surface area contributed by atoms with Crippen LogP contribution in [0.25, 0.3) is 11.1 Å². The molecule has 9 heteroatoms. The second-order valence-corrected chi connectivity index (χ2v) is 11.0. The van der Waals surface area contributed by atoms with E-state index < -0.39 is 29.8 Å².